The second kappa shape index (κ2) is 9.83. The van der Waals surface area contributed by atoms with E-state index in [-0.39, 0.29) is 11.9 Å². The van der Waals surface area contributed by atoms with Crippen molar-refractivity contribution >= 4 is 11.9 Å². The van der Waals surface area contributed by atoms with Crippen molar-refractivity contribution in [1.29, 1.82) is 0 Å². The Morgan fingerprint density at radius 2 is 2.00 bits per heavy atom. The lowest BCUT2D eigenvalue weighted by Gasteiger charge is -2.32. The van der Waals surface area contributed by atoms with Gasteiger partial charge >= 0.3 is 0 Å². The molecule has 29 heavy (non-hydrogen) atoms. The number of piperidine rings is 1. The van der Waals surface area contributed by atoms with E-state index >= 15 is 0 Å². The molecule has 6 nitrogen and oxygen atoms in total. The number of rotatable bonds is 7. The minimum absolute atomic E-state index is 0.00199. The minimum atomic E-state index is -0.00199. The Bertz CT molecular complexity index is 805. The van der Waals surface area contributed by atoms with Crippen LogP contribution in [0.15, 0.2) is 36.5 Å². The average Bonchev–Trinajstić information content (AvgIpc) is 2.68. The quantitative estimate of drug-likeness (QED) is 0.751. The van der Waals surface area contributed by atoms with Crippen LogP contribution in [0.25, 0.3) is 0 Å². The van der Waals surface area contributed by atoms with Crippen LogP contribution in [0.5, 0.6) is 0 Å². The third-order valence-electron chi connectivity index (χ3n) is 5.49. The second-order valence-electron chi connectivity index (χ2n) is 8.54. The molecule has 3 rings (SSSR count). The first-order chi connectivity index (χ1) is 13.9. The van der Waals surface area contributed by atoms with Gasteiger partial charge < -0.3 is 11.1 Å². The lowest BCUT2D eigenvalue weighted by Crippen LogP contribution is -2.42. The number of amides is 1. The summed E-state index contributed by atoms with van der Waals surface area (Å²) >= 11 is 0. The van der Waals surface area contributed by atoms with Gasteiger partial charge in [0.15, 0.2) is 0 Å². The fourth-order valence-electron chi connectivity index (χ4n) is 4.04. The van der Waals surface area contributed by atoms with Crippen LogP contribution in [-0.2, 0) is 11.2 Å². The first kappa shape index (κ1) is 21.2. The van der Waals surface area contributed by atoms with E-state index in [1.54, 1.807) is 6.20 Å². The Hall–Kier alpha value is -2.47. The van der Waals surface area contributed by atoms with Crippen LogP contribution in [0.1, 0.15) is 62.4 Å². The SMILES string of the molecule is CC(C)Cc1ccc(C(C)NC(=O)CN2CCCC(c3ccnc(N)n3)C2)cc1. The zero-order valence-corrected chi connectivity index (χ0v) is 17.8. The summed E-state index contributed by atoms with van der Waals surface area (Å²) in [5.74, 6) is 1.31. The molecule has 0 bridgehead atoms. The predicted molar refractivity (Wildman–Crippen MR) is 116 cm³/mol. The predicted octanol–water partition coefficient (Wildman–Crippen LogP) is 3.31. The number of carbonyl (C=O) groups is 1. The summed E-state index contributed by atoms with van der Waals surface area (Å²) in [6.07, 6.45) is 4.90. The van der Waals surface area contributed by atoms with Gasteiger partial charge in [0.2, 0.25) is 11.9 Å². The molecule has 2 heterocycles. The van der Waals surface area contributed by atoms with Gasteiger partial charge in [-0.25, -0.2) is 9.97 Å². The zero-order chi connectivity index (χ0) is 20.8. The second-order valence-corrected chi connectivity index (χ2v) is 8.54. The molecule has 1 aliphatic rings. The first-order valence-corrected chi connectivity index (χ1v) is 10.6. The van der Waals surface area contributed by atoms with E-state index in [1.807, 2.05) is 13.0 Å². The Kier molecular flexibility index (Phi) is 7.20. The van der Waals surface area contributed by atoms with E-state index in [9.17, 15) is 4.79 Å². The summed E-state index contributed by atoms with van der Waals surface area (Å²) in [4.78, 5) is 23.1. The number of hydrogen-bond acceptors (Lipinski definition) is 5. The summed E-state index contributed by atoms with van der Waals surface area (Å²) in [6.45, 7) is 8.65. The number of aromatic nitrogens is 2. The molecule has 3 N–H and O–H groups in total. The number of nitrogens with zero attached hydrogens (tertiary/aromatic N) is 3. The van der Waals surface area contributed by atoms with E-state index in [0.717, 1.165) is 43.6 Å². The minimum Gasteiger partial charge on any atom is -0.368 e. The third kappa shape index (κ3) is 6.26. The number of nitrogens with one attached hydrogen (secondary N) is 1. The number of nitrogens with two attached hydrogens (primary N) is 1. The van der Waals surface area contributed by atoms with Crippen LogP contribution in [0, 0.1) is 5.92 Å². The molecular weight excluding hydrogens is 362 g/mol. The lowest BCUT2D eigenvalue weighted by atomic mass is 9.94. The molecule has 156 valence electrons. The van der Waals surface area contributed by atoms with Crippen molar-refractivity contribution in [3.8, 4) is 0 Å². The fraction of sp³-hybridized carbons (Fsp3) is 0.522. The molecular formula is C23H33N5O. The van der Waals surface area contributed by atoms with Crippen LogP contribution < -0.4 is 11.1 Å². The number of anilines is 1. The Labute approximate surface area is 173 Å². The van der Waals surface area contributed by atoms with Gasteiger partial charge in [-0.3, -0.25) is 9.69 Å². The standard InChI is InChI=1S/C23H33N5O/c1-16(2)13-18-6-8-19(9-7-18)17(3)26-22(29)15-28-12-4-5-20(14-28)21-10-11-25-23(24)27-21/h6-11,16-17,20H,4-5,12-15H2,1-3H3,(H,26,29)(H2,24,25,27). The van der Waals surface area contributed by atoms with E-state index in [0.29, 0.717) is 24.3 Å². The van der Waals surface area contributed by atoms with Crippen LogP contribution in [-0.4, -0.2) is 40.4 Å². The smallest absolute Gasteiger partial charge is 0.234 e. The molecule has 0 saturated carbocycles. The maximum Gasteiger partial charge on any atom is 0.234 e. The van der Waals surface area contributed by atoms with Crippen LogP contribution >= 0.6 is 0 Å². The van der Waals surface area contributed by atoms with Gasteiger partial charge in [-0.05, 0) is 55.8 Å². The van der Waals surface area contributed by atoms with Gasteiger partial charge in [0.25, 0.3) is 0 Å². The Morgan fingerprint density at radius 1 is 1.24 bits per heavy atom. The van der Waals surface area contributed by atoms with Crippen LogP contribution in [0.3, 0.4) is 0 Å². The molecule has 2 aromatic rings. The van der Waals surface area contributed by atoms with Gasteiger partial charge in [-0.1, -0.05) is 38.1 Å². The summed E-state index contributed by atoms with van der Waals surface area (Å²) in [5.41, 5.74) is 9.17. The molecule has 2 atom stereocenters. The van der Waals surface area contributed by atoms with Gasteiger partial charge in [-0.2, -0.15) is 0 Å². The summed E-state index contributed by atoms with van der Waals surface area (Å²) in [6, 6.07) is 10.5. The van der Waals surface area contributed by atoms with Crippen LogP contribution in [0.4, 0.5) is 5.95 Å². The summed E-state index contributed by atoms with van der Waals surface area (Å²) < 4.78 is 0. The highest BCUT2D eigenvalue weighted by Gasteiger charge is 2.24. The van der Waals surface area contributed by atoms with E-state index in [2.05, 4.69) is 58.3 Å². The van der Waals surface area contributed by atoms with Crippen molar-refractivity contribution in [3.05, 3.63) is 53.3 Å². The molecule has 0 radical (unpaired) electrons. The number of likely N-dealkylation sites (tertiary alicyclic amines) is 1. The third-order valence-corrected chi connectivity index (χ3v) is 5.49. The fourth-order valence-corrected chi connectivity index (χ4v) is 4.04. The van der Waals surface area contributed by atoms with Crippen molar-refractivity contribution in [2.45, 2.75) is 52.0 Å². The molecule has 1 aliphatic heterocycles. The average molecular weight is 396 g/mol. The highest BCUT2D eigenvalue weighted by atomic mass is 16.2. The number of benzene rings is 1. The van der Waals surface area contributed by atoms with Gasteiger partial charge in [0.1, 0.15) is 0 Å². The first-order valence-electron chi connectivity index (χ1n) is 10.6. The van der Waals surface area contributed by atoms with Crippen molar-refractivity contribution in [1.82, 2.24) is 20.2 Å². The summed E-state index contributed by atoms with van der Waals surface area (Å²) in [5, 5.41) is 3.14. The monoisotopic (exact) mass is 395 g/mol. The molecule has 1 aromatic heterocycles. The number of nitrogen functional groups attached to an aromatic ring is 1. The molecule has 0 aliphatic carbocycles. The molecule has 1 amide bonds. The maximum absolute atomic E-state index is 12.6. The summed E-state index contributed by atoms with van der Waals surface area (Å²) in [7, 11) is 0. The Balaban J connectivity index is 1.51. The van der Waals surface area contributed by atoms with E-state index in [1.165, 1.54) is 5.56 Å². The normalized spacial score (nSPS) is 18.6. The molecule has 6 heteroatoms. The topological polar surface area (TPSA) is 84.1 Å². The van der Waals surface area contributed by atoms with E-state index < -0.39 is 0 Å². The number of carbonyl (C=O) groups excluding carboxylic acids is 1. The lowest BCUT2D eigenvalue weighted by molar-refractivity contribution is -0.123. The van der Waals surface area contributed by atoms with Crippen molar-refractivity contribution in [2.24, 2.45) is 5.92 Å². The molecule has 1 aromatic carbocycles. The van der Waals surface area contributed by atoms with Gasteiger partial charge in [0, 0.05) is 18.7 Å². The van der Waals surface area contributed by atoms with Gasteiger partial charge in [0.05, 0.1) is 18.3 Å². The van der Waals surface area contributed by atoms with E-state index in [4.69, 9.17) is 5.73 Å². The molecule has 1 fully saturated rings. The van der Waals surface area contributed by atoms with Crippen molar-refractivity contribution < 1.29 is 4.79 Å². The molecule has 0 spiro atoms. The molecule has 1 saturated heterocycles. The van der Waals surface area contributed by atoms with Crippen molar-refractivity contribution in [2.75, 3.05) is 25.4 Å². The highest BCUT2D eigenvalue weighted by molar-refractivity contribution is 5.78. The largest absolute Gasteiger partial charge is 0.368 e. The highest BCUT2D eigenvalue weighted by Crippen LogP contribution is 2.25. The maximum atomic E-state index is 12.6. The zero-order valence-electron chi connectivity index (χ0n) is 17.8. The van der Waals surface area contributed by atoms with Crippen molar-refractivity contribution in [3.63, 3.8) is 0 Å². The Morgan fingerprint density at radius 3 is 2.69 bits per heavy atom. The number of hydrogen-bond donors (Lipinski definition) is 2. The molecule has 2 unspecified atom stereocenters. The van der Waals surface area contributed by atoms with Crippen LogP contribution in [0.2, 0.25) is 0 Å². The van der Waals surface area contributed by atoms with Gasteiger partial charge in [-0.15, -0.1) is 0 Å².